The zero-order chi connectivity index (χ0) is 22.2. The molecule has 0 aliphatic heterocycles. The van der Waals surface area contributed by atoms with E-state index in [0.29, 0.717) is 23.2 Å². The third kappa shape index (κ3) is 3.36. The molecule has 0 saturated carbocycles. The first kappa shape index (κ1) is 19.8. The number of amides is 1. The molecular formula is C28H21N2O2. The summed E-state index contributed by atoms with van der Waals surface area (Å²) >= 11 is 0. The smallest absolute Gasteiger partial charge is 0.249 e. The van der Waals surface area contributed by atoms with Crippen LogP contribution in [0.4, 0.5) is 0 Å². The lowest BCUT2D eigenvalue weighted by atomic mass is 10.0. The molecule has 0 spiro atoms. The van der Waals surface area contributed by atoms with Gasteiger partial charge in [0.25, 0.3) is 0 Å². The van der Waals surface area contributed by atoms with Gasteiger partial charge in [0.15, 0.2) is 5.78 Å². The van der Waals surface area contributed by atoms with Crippen LogP contribution in [0.25, 0.3) is 21.8 Å². The van der Waals surface area contributed by atoms with Crippen LogP contribution in [0.2, 0.25) is 0 Å². The number of benzene rings is 4. The van der Waals surface area contributed by atoms with Crippen LogP contribution in [0.15, 0.2) is 84.9 Å². The molecule has 5 rings (SSSR count). The Hall–Kier alpha value is -4.18. The van der Waals surface area contributed by atoms with E-state index in [4.69, 9.17) is 5.73 Å². The summed E-state index contributed by atoms with van der Waals surface area (Å²) in [7, 11) is 0. The van der Waals surface area contributed by atoms with E-state index in [1.807, 2.05) is 79.7 Å². The van der Waals surface area contributed by atoms with E-state index in [-0.39, 0.29) is 5.78 Å². The minimum Gasteiger partial charge on any atom is -0.366 e. The zero-order valence-electron chi connectivity index (χ0n) is 17.6. The summed E-state index contributed by atoms with van der Waals surface area (Å²) in [5, 5.41) is 1.71. The Balaban J connectivity index is 1.58. The molecule has 1 radical (unpaired) electrons. The number of aryl methyl sites for hydroxylation is 1. The van der Waals surface area contributed by atoms with Gasteiger partial charge in [-0.05, 0) is 42.3 Å². The number of hydrogen-bond acceptors (Lipinski definition) is 2. The van der Waals surface area contributed by atoms with Gasteiger partial charge in [-0.15, -0.1) is 0 Å². The standard InChI is InChI=1S/C28H21N2O2/c1-18-10-15-22-25(16-18)30(24-9-5-8-23(26(22)24)28(29)32)17-19-11-13-21(14-12-19)27(31)20-6-3-2-4-7-20/h2-14,16H,17H2,1H3,(H2,29,32). The first-order chi connectivity index (χ1) is 15.5. The Morgan fingerprint density at radius 2 is 1.59 bits per heavy atom. The van der Waals surface area contributed by atoms with E-state index < -0.39 is 5.91 Å². The summed E-state index contributed by atoms with van der Waals surface area (Å²) in [5.41, 5.74) is 11.6. The summed E-state index contributed by atoms with van der Waals surface area (Å²) in [4.78, 5) is 24.8. The molecule has 155 valence electrons. The Labute approximate surface area is 185 Å². The Morgan fingerprint density at radius 1 is 0.875 bits per heavy atom. The molecule has 1 amide bonds. The molecule has 0 bridgehead atoms. The molecular weight excluding hydrogens is 396 g/mol. The lowest BCUT2D eigenvalue weighted by Crippen LogP contribution is -2.11. The van der Waals surface area contributed by atoms with E-state index >= 15 is 0 Å². The molecule has 5 aromatic rings. The molecule has 1 aromatic heterocycles. The maximum atomic E-state index is 12.7. The highest BCUT2D eigenvalue weighted by atomic mass is 16.1. The van der Waals surface area contributed by atoms with Gasteiger partial charge in [0.05, 0.1) is 11.0 Å². The largest absolute Gasteiger partial charge is 0.366 e. The van der Waals surface area contributed by atoms with Crippen molar-refractivity contribution in [1.29, 1.82) is 0 Å². The zero-order valence-corrected chi connectivity index (χ0v) is 17.6. The van der Waals surface area contributed by atoms with Gasteiger partial charge in [-0.25, -0.2) is 0 Å². The summed E-state index contributed by atoms with van der Waals surface area (Å²) in [6, 6.07) is 29.9. The van der Waals surface area contributed by atoms with Gasteiger partial charge in [0.1, 0.15) is 0 Å². The second-order valence-electron chi connectivity index (χ2n) is 7.98. The number of hydrogen-bond donors (Lipinski definition) is 1. The lowest BCUT2D eigenvalue weighted by Gasteiger charge is -2.09. The molecule has 0 fully saturated rings. The van der Waals surface area contributed by atoms with E-state index in [2.05, 4.69) is 16.7 Å². The predicted molar refractivity (Wildman–Crippen MR) is 127 cm³/mol. The first-order valence-electron chi connectivity index (χ1n) is 10.4. The summed E-state index contributed by atoms with van der Waals surface area (Å²) < 4.78 is 2.18. The number of ketones is 1. The van der Waals surface area contributed by atoms with Gasteiger partial charge in [-0.1, -0.05) is 66.7 Å². The summed E-state index contributed by atoms with van der Waals surface area (Å²) in [6.07, 6.45) is 0. The number of carbonyl (C=O) groups excluding carboxylic acids is 2. The van der Waals surface area contributed by atoms with E-state index in [1.54, 1.807) is 6.07 Å². The molecule has 0 atom stereocenters. The number of aromatic nitrogens is 1. The van der Waals surface area contributed by atoms with Crippen molar-refractivity contribution in [2.24, 2.45) is 5.73 Å². The molecule has 1 heterocycles. The maximum absolute atomic E-state index is 12.7. The number of rotatable bonds is 5. The van der Waals surface area contributed by atoms with Crippen molar-refractivity contribution in [3.05, 3.63) is 119 Å². The second-order valence-corrected chi connectivity index (χ2v) is 7.98. The van der Waals surface area contributed by atoms with Gasteiger partial charge in [-0.2, -0.15) is 0 Å². The van der Waals surface area contributed by atoms with Crippen molar-refractivity contribution in [3.63, 3.8) is 0 Å². The topological polar surface area (TPSA) is 65.1 Å². The molecule has 4 heteroatoms. The number of nitrogens with zero attached hydrogens (tertiary/aromatic N) is 1. The third-order valence-corrected chi connectivity index (χ3v) is 5.80. The molecule has 2 N–H and O–H groups in total. The minimum atomic E-state index is -0.451. The maximum Gasteiger partial charge on any atom is 0.249 e. The van der Waals surface area contributed by atoms with E-state index in [0.717, 1.165) is 32.9 Å². The highest BCUT2D eigenvalue weighted by Gasteiger charge is 2.17. The third-order valence-electron chi connectivity index (χ3n) is 5.80. The molecule has 0 unspecified atom stereocenters. The Bertz CT molecular complexity index is 1480. The first-order valence-corrected chi connectivity index (χ1v) is 10.4. The molecule has 32 heavy (non-hydrogen) atoms. The van der Waals surface area contributed by atoms with Crippen LogP contribution >= 0.6 is 0 Å². The fourth-order valence-electron chi connectivity index (χ4n) is 4.24. The van der Waals surface area contributed by atoms with Crippen molar-refractivity contribution in [3.8, 4) is 0 Å². The monoisotopic (exact) mass is 417 g/mol. The van der Waals surface area contributed by atoms with Crippen LogP contribution in [-0.2, 0) is 6.54 Å². The van der Waals surface area contributed by atoms with Crippen molar-refractivity contribution in [2.75, 3.05) is 0 Å². The fraction of sp³-hybridized carbons (Fsp3) is 0.0714. The summed E-state index contributed by atoms with van der Waals surface area (Å²) in [6.45, 7) is 2.62. The number of carbonyl (C=O) groups is 2. The summed E-state index contributed by atoms with van der Waals surface area (Å²) in [5.74, 6) is -0.447. The van der Waals surface area contributed by atoms with Gasteiger partial charge >= 0.3 is 0 Å². The average molecular weight is 417 g/mol. The van der Waals surface area contributed by atoms with Crippen LogP contribution in [0.3, 0.4) is 0 Å². The van der Waals surface area contributed by atoms with Gasteiger partial charge in [0, 0.05) is 34.0 Å². The predicted octanol–water partition coefficient (Wildman–Crippen LogP) is 5.28. The number of primary amides is 1. The molecule has 4 nitrogen and oxygen atoms in total. The highest BCUT2D eigenvalue weighted by molar-refractivity contribution is 6.17. The van der Waals surface area contributed by atoms with Crippen LogP contribution in [-0.4, -0.2) is 16.3 Å². The van der Waals surface area contributed by atoms with Crippen molar-refractivity contribution >= 4 is 33.5 Å². The Kier molecular flexibility index (Phi) is 4.83. The molecule has 0 saturated heterocycles. The molecule has 4 aromatic carbocycles. The van der Waals surface area contributed by atoms with Gasteiger partial charge in [0.2, 0.25) is 5.91 Å². The normalized spacial score (nSPS) is 11.2. The van der Waals surface area contributed by atoms with Crippen LogP contribution < -0.4 is 5.73 Å². The van der Waals surface area contributed by atoms with Crippen molar-refractivity contribution in [2.45, 2.75) is 13.5 Å². The van der Waals surface area contributed by atoms with E-state index in [1.165, 1.54) is 0 Å². The van der Waals surface area contributed by atoms with Crippen LogP contribution in [0.1, 0.15) is 37.4 Å². The lowest BCUT2D eigenvalue weighted by molar-refractivity contribution is 0.1000. The van der Waals surface area contributed by atoms with Crippen LogP contribution in [0.5, 0.6) is 0 Å². The molecule has 0 aliphatic rings. The Morgan fingerprint density at radius 3 is 2.31 bits per heavy atom. The van der Waals surface area contributed by atoms with Crippen molar-refractivity contribution < 1.29 is 9.59 Å². The van der Waals surface area contributed by atoms with Crippen LogP contribution in [0, 0.1) is 13.0 Å². The SMILES string of the molecule is Cc1c[c]c2c3c(C(N)=O)cccc3n(Cc3ccc(C(=O)c4ccccc4)cc3)c2c1. The fourth-order valence-corrected chi connectivity index (χ4v) is 4.24. The number of nitrogens with two attached hydrogens (primary N) is 1. The minimum absolute atomic E-state index is 0.00494. The van der Waals surface area contributed by atoms with Gasteiger partial charge in [-0.3, -0.25) is 9.59 Å². The quantitative estimate of drug-likeness (QED) is 0.395. The van der Waals surface area contributed by atoms with Crippen molar-refractivity contribution in [1.82, 2.24) is 4.57 Å². The highest BCUT2D eigenvalue weighted by Crippen LogP contribution is 2.32. The second kappa shape index (κ2) is 7.82. The van der Waals surface area contributed by atoms with E-state index in [9.17, 15) is 9.59 Å². The number of fused-ring (bicyclic) bond motifs is 3. The average Bonchev–Trinajstić information content (AvgIpc) is 3.12. The van der Waals surface area contributed by atoms with Gasteiger partial charge < -0.3 is 10.3 Å². The molecule has 0 aliphatic carbocycles.